The topological polar surface area (TPSA) is 88.5 Å². The van der Waals surface area contributed by atoms with Crippen LogP contribution in [0.5, 0.6) is 0 Å². The van der Waals surface area contributed by atoms with Crippen LogP contribution in [0.15, 0.2) is 0 Å². The average Bonchev–Trinajstić information content (AvgIpc) is 2.22. The van der Waals surface area contributed by atoms with Crippen LogP contribution in [0.2, 0.25) is 0 Å². The first kappa shape index (κ1) is 9.64. The molecule has 2 rings (SSSR count). The van der Waals surface area contributed by atoms with Crippen molar-refractivity contribution in [1.82, 2.24) is 0 Å². The molecule has 0 aromatic heterocycles. The van der Waals surface area contributed by atoms with Crippen LogP contribution in [0, 0.1) is 11.8 Å². The fraction of sp³-hybridized carbons (Fsp3) is 0.750. The Morgan fingerprint density at radius 2 is 2.00 bits per heavy atom. The summed E-state index contributed by atoms with van der Waals surface area (Å²) >= 11 is 0. The minimum Gasteiger partial charge on any atom is -0.481 e. The van der Waals surface area contributed by atoms with E-state index in [4.69, 9.17) is 5.11 Å². The molecule has 0 amide bonds. The fourth-order valence-corrected chi connectivity index (χ4v) is 4.43. The molecular weight excluding hydrogens is 208 g/mol. The number of carbonyl (C=O) groups is 2. The Kier molecular flexibility index (Phi) is 1.92. The summed E-state index contributed by atoms with van der Waals surface area (Å²) in [6, 6.07) is 0. The second-order valence-electron chi connectivity index (χ2n) is 3.92. The van der Waals surface area contributed by atoms with Crippen LogP contribution < -0.4 is 0 Å². The Balaban J connectivity index is 2.33. The molecule has 6 heteroatoms. The maximum atomic E-state index is 11.4. The summed E-state index contributed by atoms with van der Waals surface area (Å²) in [6.07, 6.45) is 0.150. The highest BCUT2D eigenvalue weighted by atomic mass is 32.2. The van der Waals surface area contributed by atoms with E-state index in [1.54, 1.807) is 0 Å². The molecular formula is C8H10O5S. The Hall–Kier alpha value is -0.910. The SMILES string of the molecule is O=C(O)[C@@H]1C[C@H]2CS(=O)(=O)[C@H](C1)C2=O. The second-order valence-corrected chi connectivity index (χ2v) is 6.15. The Labute approximate surface area is 81.0 Å². The Morgan fingerprint density at radius 3 is 2.50 bits per heavy atom. The monoisotopic (exact) mass is 218 g/mol. The van der Waals surface area contributed by atoms with Gasteiger partial charge in [0.1, 0.15) is 5.25 Å². The molecule has 2 aliphatic rings. The van der Waals surface area contributed by atoms with Crippen molar-refractivity contribution in [3.05, 3.63) is 0 Å². The van der Waals surface area contributed by atoms with E-state index in [1.807, 2.05) is 0 Å². The number of ketones is 1. The van der Waals surface area contributed by atoms with Gasteiger partial charge in [0.15, 0.2) is 15.6 Å². The third kappa shape index (κ3) is 1.25. The fourth-order valence-electron chi connectivity index (χ4n) is 2.27. The minimum absolute atomic E-state index is 0.0347. The largest absolute Gasteiger partial charge is 0.481 e. The molecule has 5 nitrogen and oxygen atoms in total. The van der Waals surface area contributed by atoms with Crippen LogP contribution in [-0.4, -0.2) is 36.3 Å². The van der Waals surface area contributed by atoms with E-state index >= 15 is 0 Å². The first-order chi connectivity index (χ1) is 6.42. The van der Waals surface area contributed by atoms with Crippen LogP contribution in [0.3, 0.4) is 0 Å². The van der Waals surface area contributed by atoms with Gasteiger partial charge in [-0.25, -0.2) is 8.42 Å². The van der Waals surface area contributed by atoms with Crippen LogP contribution in [-0.2, 0) is 19.4 Å². The third-order valence-corrected chi connectivity index (χ3v) is 5.16. The van der Waals surface area contributed by atoms with Crippen molar-refractivity contribution in [2.24, 2.45) is 11.8 Å². The lowest BCUT2D eigenvalue weighted by Crippen LogP contribution is -2.35. The normalized spacial score (nSPS) is 39.7. The molecule has 1 N–H and O–H groups in total. The molecule has 1 saturated heterocycles. The zero-order chi connectivity index (χ0) is 10.5. The van der Waals surface area contributed by atoms with Crippen molar-refractivity contribution in [3.63, 3.8) is 0 Å². The van der Waals surface area contributed by atoms with Crippen molar-refractivity contribution < 1.29 is 23.1 Å². The summed E-state index contributed by atoms with van der Waals surface area (Å²) in [5, 5.41) is 7.71. The number of carboxylic acids is 1. The van der Waals surface area contributed by atoms with Gasteiger partial charge >= 0.3 is 5.97 Å². The molecule has 1 aliphatic carbocycles. The van der Waals surface area contributed by atoms with Gasteiger partial charge in [-0.15, -0.1) is 0 Å². The molecule has 0 spiro atoms. The van der Waals surface area contributed by atoms with Gasteiger partial charge in [0.25, 0.3) is 0 Å². The van der Waals surface area contributed by atoms with Crippen molar-refractivity contribution in [2.45, 2.75) is 18.1 Å². The minimum atomic E-state index is -3.35. The lowest BCUT2D eigenvalue weighted by molar-refractivity contribution is -0.144. The summed E-state index contributed by atoms with van der Waals surface area (Å²) in [7, 11) is -3.35. The number of sulfone groups is 1. The molecule has 0 unspecified atom stereocenters. The predicted molar refractivity (Wildman–Crippen MR) is 46.4 cm³/mol. The van der Waals surface area contributed by atoms with E-state index in [9.17, 15) is 18.0 Å². The lowest BCUT2D eigenvalue weighted by Gasteiger charge is -2.21. The van der Waals surface area contributed by atoms with Crippen molar-refractivity contribution in [2.75, 3.05) is 5.75 Å². The zero-order valence-electron chi connectivity index (χ0n) is 7.34. The molecule has 78 valence electrons. The lowest BCUT2D eigenvalue weighted by atomic mass is 9.81. The zero-order valence-corrected chi connectivity index (χ0v) is 8.16. The molecule has 0 aromatic carbocycles. The first-order valence-electron chi connectivity index (χ1n) is 4.40. The Morgan fingerprint density at radius 1 is 1.36 bits per heavy atom. The van der Waals surface area contributed by atoms with E-state index in [0.29, 0.717) is 0 Å². The maximum Gasteiger partial charge on any atom is 0.306 e. The van der Waals surface area contributed by atoms with E-state index in [0.717, 1.165) is 0 Å². The van der Waals surface area contributed by atoms with Crippen molar-refractivity contribution in [1.29, 1.82) is 0 Å². The predicted octanol–water partition coefficient (Wildman–Crippen LogP) is -0.537. The van der Waals surface area contributed by atoms with E-state index < -0.39 is 32.9 Å². The highest BCUT2D eigenvalue weighted by Gasteiger charge is 2.52. The van der Waals surface area contributed by atoms with E-state index in [2.05, 4.69) is 0 Å². The van der Waals surface area contributed by atoms with Gasteiger partial charge in [0.05, 0.1) is 11.7 Å². The standard InChI is InChI=1S/C8H10O5S/c9-7-5-1-4(8(10)11)2-6(7)14(12,13)3-5/h4-6H,1-3H2,(H,10,11)/t4-,5+,6-/m1/s1. The molecule has 1 heterocycles. The molecule has 3 atom stereocenters. The summed E-state index contributed by atoms with van der Waals surface area (Å²) in [5.74, 6) is -2.66. The first-order valence-corrected chi connectivity index (χ1v) is 6.11. The van der Waals surface area contributed by atoms with Gasteiger partial charge in [-0.05, 0) is 12.8 Å². The van der Waals surface area contributed by atoms with Crippen LogP contribution >= 0.6 is 0 Å². The van der Waals surface area contributed by atoms with Gasteiger partial charge in [0.2, 0.25) is 0 Å². The van der Waals surface area contributed by atoms with Gasteiger partial charge < -0.3 is 5.11 Å². The maximum absolute atomic E-state index is 11.4. The molecule has 1 aliphatic heterocycles. The van der Waals surface area contributed by atoms with Crippen LogP contribution in [0.1, 0.15) is 12.8 Å². The quantitative estimate of drug-likeness (QED) is 0.638. The Bertz CT molecular complexity index is 396. The third-order valence-electron chi connectivity index (χ3n) is 3.00. The number of hydrogen-bond acceptors (Lipinski definition) is 4. The number of hydrogen-bond donors (Lipinski definition) is 1. The van der Waals surface area contributed by atoms with Crippen LogP contribution in [0.4, 0.5) is 0 Å². The van der Waals surface area contributed by atoms with Gasteiger partial charge in [-0.3, -0.25) is 9.59 Å². The number of carboxylic acid groups (broad SMARTS) is 1. The molecule has 0 aromatic rings. The summed E-state index contributed by atoms with van der Waals surface area (Å²) in [6.45, 7) is 0. The van der Waals surface area contributed by atoms with Gasteiger partial charge in [-0.2, -0.15) is 0 Å². The van der Waals surface area contributed by atoms with E-state index in [1.165, 1.54) is 0 Å². The van der Waals surface area contributed by atoms with Crippen molar-refractivity contribution in [3.8, 4) is 0 Å². The summed E-state index contributed by atoms with van der Waals surface area (Å²) < 4.78 is 22.8. The van der Waals surface area contributed by atoms with Gasteiger partial charge in [0, 0.05) is 5.92 Å². The number of carbonyl (C=O) groups excluding carboxylic acids is 1. The smallest absolute Gasteiger partial charge is 0.306 e. The highest BCUT2D eigenvalue weighted by Crippen LogP contribution is 2.38. The average molecular weight is 218 g/mol. The molecule has 2 fully saturated rings. The second kappa shape index (κ2) is 2.79. The van der Waals surface area contributed by atoms with Crippen LogP contribution in [0.25, 0.3) is 0 Å². The van der Waals surface area contributed by atoms with E-state index in [-0.39, 0.29) is 24.4 Å². The number of Topliss-reactive ketones (excluding diaryl/α,β-unsaturated/α-hetero) is 1. The summed E-state index contributed by atoms with van der Waals surface area (Å²) in [5.41, 5.74) is 0. The molecule has 2 bridgehead atoms. The molecule has 1 saturated carbocycles. The van der Waals surface area contributed by atoms with Crippen molar-refractivity contribution >= 4 is 21.6 Å². The molecule has 0 radical (unpaired) electrons. The summed E-state index contributed by atoms with van der Waals surface area (Å²) in [4.78, 5) is 22.1. The number of fused-ring (bicyclic) bond motifs is 2. The number of aliphatic carboxylic acids is 1. The van der Waals surface area contributed by atoms with Gasteiger partial charge in [-0.1, -0.05) is 0 Å². The molecule has 14 heavy (non-hydrogen) atoms. The highest BCUT2D eigenvalue weighted by molar-refractivity contribution is 7.93. The number of rotatable bonds is 1.